The van der Waals surface area contributed by atoms with Crippen LogP contribution < -0.4 is 14.2 Å². The van der Waals surface area contributed by atoms with Crippen LogP contribution in [0.2, 0.25) is 0 Å². The van der Waals surface area contributed by atoms with Crippen molar-refractivity contribution >= 4 is 18.4 Å². The van der Waals surface area contributed by atoms with Gasteiger partial charge in [0.25, 0.3) is 0 Å². The van der Waals surface area contributed by atoms with Crippen LogP contribution in [0.4, 0.5) is 0 Å². The molecule has 2 aromatic carbocycles. The fourth-order valence-electron chi connectivity index (χ4n) is 2.64. The number of aromatic nitrogens is 3. The van der Waals surface area contributed by atoms with Gasteiger partial charge in [-0.05, 0) is 29.9 Å². The van der Waals surface area contributed by atoms with E-state index in [2.05, 4.69) is 15.3 Å². The molecule has 0 spiro atoms. The van der Waals surface area contributed by atoms with Crippen LogP contribution in [0.15, 0.2) is 47.6 Å². The number of ether oxygens (including phenoxy) is 3. The van der Waals surface area contributed by atoms with Crippen LogP contribution in [0.1, 0.15) is 17.0 Å². The zero-order valence-electron chi connectivity index (χ0n) is 15.3. The number of benzene rings is 2. The maximum absolute atomic E-state index is 5.37. The zero-order valence-corrected chi connectivity index (χ0v) is 16.1. The molecular weight excluding hydrogens is 364 g/mol. The number of H-pyrrole nitrogens is 1. The summed E-state index contributed by atoms with van der Waals surface area (Å²) in [7, 11) is 4.71. The van der Waals surface area contributed by atoms with Gasteiger partial charge >= 0.3 is 0 Å². The van der Waals surface area contributed by atoms with Crippen LogP contribution in [-0.4, -0.2) is 42.4 Å². The van der Waals surface area contributed by atoms with Gasteiger partial charge in [-0.3, -0.25) is 5.10 Å². The molecule has 0 atom stereocenters. The molecule has 0 unspecified atom stereocenters. The lowest BCUT2D eigenvalue weighted by Crippen LogP contribution is -2.01. The van der Waals surface area contributed by atoms with Crippen LogP contribution >= 0.6 is 12.2 Å². The van der Waals surface area contributed by atoms with E-state index < -0.39 is 0 Å². The number of rotatable bonds is 7. The summed E-state index contributed by atoms with van der Waals surface area (Å²) in [4.78, 5) is 0. The van der Waals surface area contributed by atoms with Gasteiger partial charge in [0.05, 0.1) is 27.5 Å². The van der Waals surface area contributed by atoms with E-state index in [1.165, 1.54) is 0 Å². The standard InChI is InChI=1S/C19H20N4O3S/c1-24-15-9-14(10-16(25-2)18(15)26-3)12-20-23-17(21-22-19(23)27)11-13-7-5-4-6-8-13/h4-10,12H,11H2,1-3H3,(H,22,27). The largest absolute Gasteiger partial charge is 0.493 e. The first kappa shape index (κ1) is 18.7. The third kappa shape index (κ3) is 4.17. The maximum atomic E-state index is 5.37. The van der Waals surface area contributed by atoms with Gasteiger partial charge in [0, 0.05) is 12.0 Å². The number of methoxy groups -OCH3 is 3. The van der Waals surface area contributed by atoms with E-state index in [1.807, 2.05) is 42.5 Å². The molecule has 0 saturated heterocycles. The minimum absolute atomic E-state index is 0.421. The Morgan fingerprint density at radius 3 is 2.33 bits per heavy atom. The lowest BCUT2D eigenvalue weighted by atomic mass is 10.1. The fourth-order valence-corrected chi connectivity index (χ4v) is 2.83. The van der Waals surface area contributed by atoms with E-state index in [-0.39, 0.29) is 0 Å². The SMILES string of the molecule is COc1cc(C=Nn2c(Cc3ccccc3)n[nH]c2=S)cc(OC)c1OC. The average Bonchev–Trinajstić information content (AvgIpc) is 3.05. The fraction of sp³-hybridized carbons (Fsp3) is 0.211. The van der Waals surface area contributed by atoms with Crippen molar-refractivity contribution < 1.29 is 14.2 Å². The quantitative estimate of drug-likeness (QED) is 0.499. The molecule has 3 rings (SSSR count). The molecule has 0 radical (unpaired) electrons. The topological polar surface area (TPSA) is 73.7 Å². The molecule has 0 fully saturated rings. The van der Waals surface area contributed by atoms with Crippen molar-refractivity contribution in [1.29, 1.82) is 0 Å². The highest BCUT2D eigenvalue weighted by Crippen LogP contribution is 2.37. The highest BCUT2D eigenvalue weighted by Gasteiger charge is 2.12. The summed E-state index contributed by atoms with van der Waals surface area (Å²) in [6.45, 7) is 0. The molecule has 1 aromatic heterocycles. The molecule has 1 heterocycles. The summed E-state index contributed by atoms with van der Waals surface area (Å²) in [5.41, 5.74) is 1.90. The zero-order chi connectivity index (χ0) is 19.2. The number of hydrogen-bond acceptors (Lipinski definition) is 6. The average molecular weight is 384 g/mol. The molecule has 0 saturated carbocycles. The predicted octanol–water partition coefficient (Wildman–Crippen LogP) is 3.44. The molecule has 0 aliphatic heterocycles. The molecule has 0 aliphatic rings. The molecule has 7 nitrogen and oxygen atoms in total. The van der Waals surface area contributed by atoms with Crippen LogP contribution in [0.25, 0.3) is 0 Å². The van der Waals surface area contributed by atoms with Gasteiger partial charge in [-0.15, -0.1) is 0 Å². The maximum Gasteiger partial charge on any atom is 0.216 e. The molecule has 140 valence electrons. The Balaban J connectivity index is 1.93. The molecule has 1 N–H and O–H groups in total. The van der Waals surface area contributed by atoms with Gasteiger partial charge in [0.2, 0.25) is 10.5 Å². The summed E-state index contributed by atoms with van der Waals surface area (Å²) in [5, 5.41) is 11.6. The summed E-state index contributed by atoms with van der Waals surface area (Å²) in [5.74, 6) is 2.36. The third-order valence-electron chi connectivity index (χ3n) is 3.93. The Kier molecular flexibility index (Phi) is 5.87. The van der Waals surface area contributed by atoms with Gasteiger partial charge in [0.15, 0.2) is 17.3 Å². The van der Waals surface area contributed by atoms with Crippen molar-refractivity contribution in [2.45, 2.75) is 6.42 Å². The highest BCUT2D eigenvalue weighted by atomic mass is 32.1. The lowest BCUT2D eigenvalue weighted by molar-refractivity contribution is 0.324. The van der Waals surface area contributed by atoms with Crippen molar-refractivity contribution in [1.82, 2.24) is 14.9 Å². The van der Waals surface area contributed by atoms with Crippen LogP contribution in [-0.2, 0) is 6.42 Å². The normalized spacial score (nSPS) is 10.9. The van der Waals surface area contributed by atoms with Crippen molar-refractivity contribution in [3.8, 4) is 17.2 Å². The van der Waals surface area contributed by atoms with Gasteiger partial charge in [-0.2, -0.15) is 14.9 Å². The monoisotopic (exact) mass is 384 g/mol. The second-order valence-electron chi connectivity index (χ2n) is 5.62. The third-order valence-corrected chi connectivity index (χ3v) is 4.20. The summed E-state index contributed by atoms with van der Waals surface area (Å²) in [6.07, 6.45) is 2.28. The number of aromatic amines is 1. The molecular formula is C19H20N4O3S. The van der Waals surface area contributed by atoms with Crippen LogP contribution in [0, 0.1) is 4.77 Å². The Morgan fingerprint density at radius 2 is 1.74 bits per heavy atom. The predicted molar refractivity (Wildman–Crippen MR) is 106 cm³/mol. The van der Waals surface area contributed by atoms with E-state index in [0.717, 1.165) is 17.0 Å². The minimum Gasteiger partial charge on any atom is -0.493 e. The minimum atomic E-state index is 0.421. The van der Waals surface area contributed by atoms with Crippen molar-refractivity contribution in [2.75, 3.05) is 21.3 Å². The Hall–Kier alpha value is -3.13. The van der Waals surface area contributed by atoms with E-state index >= 15 is 0 Å². The molecule has 0 bridgehead atoms. The van der Waals surface area contributed by atoms with E-state index in [0.29, 0.717) is 28.4 Å². The van der Waals surface area contributed by atoms with Gasteiger partial charge in [-0.25, -0.2) is 0 Å². The Labute approximate surface area is 162 Å². The summed E-state index contributed by atoms with van der Waals surface area (Å²) >= 11 is 5.30. The van der Waals surface area contributed by atoms with Crippen LogP contribution in [0.5, 0.6) is 17.2 Å². The lowest BCUT2D eigenvalue weighted by Gasteiger charge is -2.12. The number of hydrogen-bond donors (Lipinski definition) is 1. The van der Waals surface area contributed by atoms with Gasteiger partial charge in [-0.1, -0.05) is 30.3 Å². The van der Waals surface area contributed by atoms with Crippen LogP contribution in [0.3, 0.4) is 0 Å². The van der Waals surface area contributed by atoms with Gasteiger partial charge in [0.1, 0.15) is 0 Å². The first-order chi connectivity index (χ1) is 13.2. The first-order valence-corrected chi connectivity index (χ1v) is 8.61. The summed E-state index contributed by atoms with van der Waals surface area (Å²) in [6, 6.07) is 13.6. The number of nitrogens with zero attached hydrogens (tertiary/aromatic N) is 3. The number of nitrogens with one attached hydrogen (secondary N) is 1. The second kappa shape index (κ2) is 8.50. The molecule has 27 heavy (non-hydrogen) atoms. The van der Waals surface area contributed by atoms with Crippen molar-refractivity contribution in [2.24, 2.45) is 5.10 Å². The Morgan fingerprint density at radius 1 is 1.07 bits per heavy atom. The van der Waals surface area contributed by atoms with Crippen molar-refractivity contribution in [3.05, 3.63) is 64.2 Å². The van der Waals surface area contributed by atoms with Gasteiger partial charge < -0.3 is 14.2 Å². The molecule has 8 heteroatoms. The molecule has 0 amide bonds. The van der Waals surface area contributed by atoms with E-state index in [4.69, 9.17) is 26.4 Å². The summed E-state index contributed by atoms with van der Waals surface area (Å²) < 4.78 is 18.1. The van der Waals surface area contributed by atoms with E-state index in [1.54, 1.807) is 32.2 Å². The van der Waals surface area contributed by atoms with Crippen molar-refractivity contribution in [3.63, 3.8) is 0 Å². The highest BCUT2D eigenvalue weighted by molar-refractivity contribution is 7.71. The first-order valence-electron chi connectivity index (χ1n) is 8.21. The molecule has 3 aromatic rings. The molecule has 0 aliphatic carbocycles. The smallest absolute Gasteiger partial charge is 0.216 e. The Bertz CT molecular complexity index is 971. The second-order valence-corrected chi connectivity index (χ2v) is 6.01. The van der Waals surface area contributed by atoms with E-state index in [9.17, 15) is 0 Å².